The SMILES string of the molecule is COC(=O)c1cc(NC(=O)c2cc(C)cc(C)c2)ccc1Cl. The Bertz CT molecular complexity index is 720. The van der Waals surface area contributed by atoms with Crippen LogP contribution >= 0.6 is 11.6 Å². The Morgan fingerprint density at radius 1 is 1.05 bits per heavy atom. The molecule has 114 valence electrons. The first-order valence-electron chi connectivity index (χ1n) is 6.68. The molecule has 5 heteroatoms. The molecule has 2 aromatic carbocycles. The lowest BCUT2D eigenvalue weighted by atomic mass is 10.1. The summed E-state index contributed by atoms with van der Waals surface area (Å²) in [6.07, 6.45) is 0. The van der Waals surface area contributed by atoms with Gasteiger partial charge >= 0.3 is 5.97 Å². The number of hydrogen-bond acceptors (Lipinski definition) is 3. The van der Waals surface area contributed by atoms with Crippen molar-refractivity contribution < 1.29 is 14.3 Å². The van der Waals surface area contributed by atoms with E-state index in [0.29, 0.717) is 11.3 Å². The predicted molar refractivity (Wildman–Crippen MR) is 86.7 cm³/mol. The number of carbonyl (C=O) groups is 2. The number of hydrogen-bond donors (Lipinski definition) is 1. The van der Waals surface area contributed by atoms with E-state index in [9.17, 15) is 9.59 Å². The van der Waals surface area contributed by atoms with Gasteiger partial charge < -0.3 is 10.1 Å². The minimum absolute atomic E-state index is 0.211. The topological polar surface area (TPSA) is 55.4 Å². The molecule has 0 aliphatic rings. The van der Waals surface area contributed by atoms with Crippen LogP contribution in [0.3, 0.4) is 0 Å². The van der Waals surface area contributed by atoms with Crippen molar-refractivity contribution in [1.82, 2.24) is 0 Å². The van der Waals surface area contributed by atoms with Crippen molar-refractivity contribution in [3.63, 3.8) is 0 Å². The molecule has 0 fully saturated rings. The highest BCUT2D eigenvalue weighted by molar-refractivity contribution is 6.33. The number of halogens is 1. The highest BCUT2D eigenvalue weighted by atomic mass is 35.5. The van der Waals surface area contributed by atoms with Crippen molar-refractivity contribution in [3.8, 4) is 0 Å². The number of aryl methyl sites for hydroxylation is 2. The highest BCUT2D eigenvalue weighted by Gasteiger charge is 2.13. The Balaban J connectivity index is 2.27. The second-order valence-electron chi connectivity index (χ2n) is 5.02. The van der Waals surface area contributed by atoms with Gasteiger partial charge in [-0.25, -0.2) is 4.79 Å². The van der Waals surface area contributed by atoms with E-state index in [2.05, 4.69) is 10.1 Å². The predicted octanol–water partition coefficient (Wildman–Crippen LogP) is 4.00. The Morgan fingerprint density at radius 3 is 2.27 bits per heavy atom. The number of anilines is 1. The molecule has 2 aromatic rings. The largest absolute Gasteiger partial charge is 0.465 e. The number of ether oxygens (including phenoxy) is 1. The Morgan fingerprint density at radius 2 is 1.68 bits per heavy atom. The van der Waals surface area contributed by atoms with Gasteiger partial charge in [0.25, 0.3) is 5.91 Å². The monoisotopic (exact) mass is 317 g/mol. The summed E-state index contributed by atoms with van der Waals surface area (Å²) in [5.41, 5.74) is 3.27. The van der Waals surface area contributed by atoms with Crippen LogP contribution in [0, 0.1) is 13.8 Å². The molecule has 0 saturated carbocycles. The molecule has 0 aromatic heterocycles. The first kappa shape index (κ1) is 16.0. The molecule has 4 nitrogen and oxygen atoms in total. The Labute approximate surface area is 134 Å². The molecule has 0 spiro atoms. The van der Waals surface area contributed by atoms with Gasteiger partial charge in [-0.05, 0) is 44.2 Å². The van der Waals surface area contributed by atoms with Gasteiger partial charge in [0.05, 0.1) is 17.7 Å². The fraction of sp³-hybridized carbons (Fsp3) is 0.176. The molecule has 0 bridgehead atoms. The van der Waals surface area contributed by atoms with E-state index in [-0.39, 0.29) is 16.5 Å². The van der Waals surface area contributed by atoms with E-state index in [1.54, 1.807) is 24.3 Å². The van der Waals surface area contributed by atoms with Crippen molar-refractivity contribution in [1.29, 1.82) is 0 Å². The molecule has 0 aliphatic heterocycles. The van der Waals surface area contributed by atoms with Crippen LogP contribution < -0.4 is 5.32 Å². The van der Waals surface area contributed by atoms with E-state index in [4.69, 9.17) is 11.6 Å². The first-order chi connectivity index (χ1) is 10.4. The second-order valence-corrected chi connectivity index (χ2v) is 5.42. The third-order valence-corrected chi connectivity index (χ3v) is 3.44. The van der Waals surface area contributed by atoms with Gasteiger partial charge in [-0.15, -0.1) is 0 Å². The van der Waals surface area contributed by atoms with Crippen LogP contribution in [0.5, 0.6) is 0 Å². The molecule has 1 N–H and O–H groups in total. The summed E-state index contributed by atoms with van der Waals surface area (Å²) in [6.45, 7) is 3.86. The van der Waals surface area contributed by atoms with Gasteiger partial charge in [-0.3, -0.25) is 4.79 Å². The molecule has 2 rings (SSSR count). The summed E-state index contributed by atoms with van der Waals surface area (Å²) in [4.78, 5) is 23.9. The molecule has 0 aliphatic carbocycles. The number of carbonyl (C=O) groups excluding carboxylic acids is 2. The average molecular weight is 318 g/mol. The van der Waals surface area contributed by atoms with Crippen molar-refractivity contribution in [2.24, 2.45) is 0 Å². The Kier molecular flexibility index (Phi) is 4.83. The average Bonchev–Trinajstić information content (AvgIpc) is 2.47. The maximum atomic E-state index is 12.3. The van der Waals surface area contributed by atoms with E-state index in [1.165, 1.54) is 13.2 Å². The third kappa shape index (κ3) is 3.65. The number of esters is 1. The minimum Gasteiger partial charge on any atom is -0.465 e. The van der Waals surface area contributed by atoms with Crippen LogP contribution in [0.1, 0.15) is 31.8 Å². The van der Waals surface area contributed by atoms with Crippen LogP contribution in [0.25, 0.3) is 0 Å². The zero-order chi connectivity index (χ0) is 16.3. The molecule has 0 heterocycles. The first-order valence-corrected chi connectivity index (χ1v) is 7.06. The van der Waals surface area contributed by atoms with Crippen molar-refractivity contribution >= 4 is 29.2 Å². The number of amides is 1. The van der Waals surface area contributed by atoms with Crippen molar-refractivity contribution in [2.75, 3.05) is 12.4 Å². The van der Waals surface area contributed by atoms with E-state index < -0.39 is 5.97 Å². The standard InChI is InChI=1S/C17H16ClNO3/c1-10-6-11(2)8-12(7-10)16(20)19-13-4-5-15(18)14(9-13)17(21)22-3/h4-9H,1-3H3,(H,19,20). The van der Waals surface area contributed by atoms with Crippen LogP contribution in [-0.2, 0) is 4.74 Å². The van der Waals surface area contributed by atoms with E-state index >= 15 is 0 Å². The normalized spacial score (nSPS) is 10.2. The van der Waals surface area contributed by atoms with Crippen molar-refractivity contribution in [3.05, 3.63) is 63.7 Å². The smallest absolute Gasteiger partial charge is 0.339 e. The van der Waals surface area contributed by atoms with Gasteiger partial charge in [0, 0.05) is 11.3 Å². The zero-order valence-corrected chi connectivity index (χ0v) is 13.3. The van der Waals surface area contributed by atoms with Gasteiger partial charge in [0.1, 0.15) is 0 Å². The van der Waals surface area contributed by atoms with Gasteiger partial charge in [-0.1, -0.05) is 28.8 Å². The Hall–Kier alpha value is -2.33. The fourth-order valence-electron chi connectivity index (χ4n) is 2.18. The quantitative estimate of drug-likeness (QED) is 0.871. The molecule has 0 atom stereocenters. The van der Waals surface area contributed by atoms with Crippen molar-refractivity contribution in [2.45, 2.75) is 13.8 Å². The molecular weight excluding hydrogens is 302 g/mol. The summed E-state index contributed by atoms with van der Waals surface area (Å²) in [6, 6.07) is 10.3. The van der Waals surface area contributed by atoms with Gasteiger partial charge in [0.2, 0.25) is 0 Å². The molecule has 0 unspecified atom stereocenters. The lowest BCUT2D eigenvalue weighted by Gasteiger charge is -2.09. The summed E-state index contributed by atoms with van der Waals surface area (Å²) in [5.74, 6) is -0.794. The second kappa shape index (κ2) is 6.62. The van der Waals surface area contributed by atoms with Crippen LogP contribution in [0.2, 0.25) is 5.02 Å². The van der Waals surface area contributed by atoms with Crippen LogP contribution in [0.15, 0.2) is 36.4 Å². The summed E-state index contributed by atoms with van der Waals surface area (Å²) >= 11 is 5.95. The maximum Gasteiger partial charge on any atom is 0.339 e. The van der Waals surface area contributed by atoms with Gasteiger partial charge in [-0.2, -0.15) is 0 Å². The third-order valence-electron chi connectivity index (χ3n) is 3.11. The number of nitrogens with one attached hydrogen (secondary N) is 1. The molecular formula is C17H16ClNO3. The fourth-order valence-corrected chi connectivity index (χ4v) is 2.37. The van der Waals surface area contributed by atoms with Crippen LogP contribution in [0.4, 0.5) is 5.69 Å². The van der Waals surface area contributed by atoms with E-state index in [1.807, 2.05) is 19.9 Å². The van der Waals surface area contributed by atoms with Gasteiger partial charge in [0.15, 0.2) is 0 Å². The lowest BCUT2D eigenvalue weighted by molar-refractivity contribution is 0.0600. The number of benzene rings is 2. The van der Waals surface area contributed by atoms with Crippen LogP contribution in [-0.4, -0.2) is 19.0 Å². The molecule has 1 amide bonds. The summed E-state index contributed by atoms with van der Waals surface area (Å²) in [7, 11) is 1.28. The number of methoxy groups -OCH3 is 1. The zero-order valence-electron chi connectivity index (χ0n) is 12.6. The highest BCUT2D eigenvalue weighted by Crippen LogP contribution is 2.22. The lowest BCUT2D eigenvalue weighted by Crippen LogP contribution is -2.13. The maximum absolute atomic E-state index is 12.3. The molecule has 0 radical (unpaired) electrons. The number of rotatable bonds is 3. The summed E-state index contributed by atoms with van der Waals surface area (Å²) < 4.78 is 4.66. The minimum atomic E-state index is -0.549. The summed E-state index contributed by atoms with van der Waals surface area (Å²) in [5, 5.41) is 3.03. The molecule has 22 heavy (non-hydrogen) atoms. The molecule has 0 saturated heterocycles. The van der Waals surface area contributed by atoms with E-state index in [0.717, 1.165) is 11.1 Å².